The van der Waals surface area contributed by atoms with E-state index in [9.17, 15) is 29.4 Å². The number of carboxylic acid groups (broad SMARTS) is 2. The fourth-order valence-corrected chi connectivity index (χ4v) is 7.70. The maximum absolute atomic E-state index is 12.6. The number of rotatable bonds is 12. The molecular weight excluding hydrogens is 580 g/mol. The van der Waals surface area contributed by atoms with Gasteiger partial charge < -0.3 is 31.1 Å². The molecule has 0 aromatic carbocycles. The van der Waals surface area contributed by atoms with Gasteiger partial charge in [-0.25, -0.2) is 0 Å². The lowest BCUT2D eigenvalue weighted by atomic mass is 9.91. The number of carbonyl (C=O) groups is 4. The summed E-state index contributed by atoms with van der Waals surface area (Å²) >= 11 is 1.36. The van der Waals surface area contributed by atoms with Gasteiger partial charge in [0.25, 0.3) is 5.91 Å². The molecule has 5 rings (SSSR count). The van der Waals surface area contributed by atoms with Crippen LogP contribution in [0.15, 0.2) is 46.5 Å². The van der Waals surface area contributed by atoms with E-state index in [1.807, 2.05) is 39.8 Å². The minimum atomic E-state index is -0.896. The zero-order chi connectivity index (χ0) is 31.9. The second-order valence-corrected chi connectivity index (χ2v) is 13.6. The third kappa shape index (κ3) is 6.29. The molecule has 0 spiro atoms. The van der Waals surface area contributed by atoms with Crippen LogP contribution in [-0.2, 0) is 37.4 Å². The van der Waals surface area contributed by atoms with Crippen molar-refractivity contribution in [2.75, 3.05) is 5.75 Å². The number of hydrogen-bond acceptors (Lipinski definition) is 5. The third-order valence-electron chi connectivity index (χ3n) is 9.45. The van der Waals surface area contributed by atoms with Crippen LogP contribution in [0.4, 0.5) is 0 Å². The minimum absolute atomic E-state index is 0.0131. The Labute approximate surface area is 261 Å². The van der Waals surface area contributed by atoms with Crippen molar-refractivity contribution >= 4 is 47.7 Å². The van der Waals surface area contributed by atoms with E-state index in [1.165, 1.54) is 11.8 Å². The number of amides is 2. The standard InChI is InChI=1S/C33H40N4O6S/c1-6-19-15(2)24(36-33(19)43)11-22-16(3)20(7-9-29(38)39)25(34-22)13-26-21(8-10-30(40)41)17(4)23(35-26)12-27-31(28-14-44-28)18(5)32(42)37-27/h6,12-13,18,20,24,28,31,34-35H,1,7-11,14H2,2-5H3,(H,36,43)(H,37,42)(H,38,39)(H,40,41)/p+1/b25-13-,27-12-/t18-,20?,24?,28-,31-/m1/s1. The Balaban J connectivity index is 1.50. The molecule has 11 heteroatoms. The SMILES string of the molecule is C=CC1=C(C)C(CC2=C(C)C(CCC(=O)O)/C(=C/c3[nH]c(/C=C4\NC(=O)[C@H](C)[C@H]4[C@H]4C[SH+]4)c(C)c3CCC(=O)O)N2)NC1=O. The first kappa shape index (κ1) is 31.4. The summed E-state index contributed by atoms with van der Waals surface area (Å²) in [5.41, 5.74) is 8.51. The molecule has 1 aromatic rings. The maximum Gasteiger partial charge on any atom is 0.303 e. The summed E-state index contributed by atoms with van der Waals surface area (Å²) in [4.78, 5) is 51.6. The first-order valence-electron chi connectivity index (χ1n) is 15.1. The van der Waals surface area contributed by atoms with Crippen LogP contribution in [0.3, 0.4) is 0 Å². The molecule has 0 radical (unpaired) electrons. The van der Waals surface area contributed by atoms with Gasteiger partial charge in [0, 0.05) is 65.2 Å². The predicted octanol–water partition coefficient (Wildman–Crippen LogP) is 3.35. The zero-order valence-corrected chi connectivity index (χ0v) is 26.4. The first-order valence-corrected chi connectivity index (χ1v) is 16.2. The van der Waals surface area contributed by atoms with Gasteiger partial charge in [0.05, 0.1) is 12.0 Å². The summed E-state index contributed by atoms with van der Waals surface area (Å²) in [6, 6.07) is -0.202. The van der Waals surface area contributed by atoms with E-state index < -0.39 is 11.9 Å². The number of aromatic nitrogens is 1. The molecule has 234 valence electrons. The second kappa shape index (κ2) is 12.6. The summed E-state index contributed by atoms with van der Waals surface area (Å²) < 4.78 is 0. The van der Waals surface area contributed by atoms with Crippen LogP contribution in [0, 0.1) is 24.7 Å². The summed E-state index contributed by atoms with van der Waals surface area (Å²) in [7, 11) is 0. The molecular formula is C33H41N4O6S+. The van der Waals surface area contributed by atoms with Crippen LogP contribution in [0.2, 0.25) is 0 Å². The Kier molecular flexibility index (Phi) is 8.97. The topological polar surface area (TPSA) is 161 Å². The molecule has 4 aliphatic rings. The smallest absolute Gasteiger partial charge is 0.303 e. The highest BCUT2D eigenvalue weighted by atomic mass is 32.2. The fraction of sp³-hybridized carbons (Fsp3) is 0.455. The maximum atomic E-state index is 12.6. The van der Waals surface area contributed by atoms with Crippen LogP contribution in [-0.4, -0.2) is 56.0 Å². The lowest BCUT2D eigenvalue weighted by Crippen LogP contribution is -2.30. The molecule has 2 amide bonds. The second-order valence-electron chi connectivity index (χ2n) is 12.2. The normalized spacial score (nSPS) is 28.1. The van der Waals surface area contributed by atoms with Gasteiger partial charge in [0.1, 0.15) is 0 Å². The molecule has 6 N–H and O–H groups in total. The number of H-pyrrole nitrogens is 1. The predicted molar refractivity (Wildman–Crippen MR) is 171 cm³/mol. The number of carbonyl (C=O) groups excluding carboxylic acids is 2. The van der Waals surface area contributed by atoms with E-state index in [0.717, 1.165) is 56.5 Å². The van der Waals surface area contributed by atoms with E-state index >= 15 is 0 Å². The lowest BCUT2D eigenvalue weighted by molar-refractivity contribution is -0.138. The summed E-state index contributed by atoms with van der Waals surface area (Å²) in [5.74, 6) is -0.973. The largest absolute Gasteiger partial charge is 0.481 e. The van der Waals surface area contributed by atoms with Crippen LogP contribution in [0.25, 0.3) is 12.2 Å². The molecule has 44 heavy (non-hydrogen) atoms. The average Bonchev–Trinajstić information content (AvgIpc) is 3.53. The molecule has 2 fully saturated rings. The van der Waals surface area contributed by atoms with Gasteiger partial charge in [0.15, 0.2) is 11.0 Å². The number of nitrogens with one attached hydrogen (secondary N) is 4. The van der Waals surface area contributed by atoms with Gasteiger partial charge in [-0.15, -0.1) is 0 Å². The quantitative estimate of drug-likeness (QED) is 0.119. The highest BCUT2D eigenvalue weighted by Gasteiger charge is 2.52. The Morgan fingerprint density at radius 3 is 2.30 bits per heavy atom. The summed E-state index contributed by atoms with van der Waals surface area (Å²) in [6.45, 7) is 11.6. The van der Waals surface area contributed by atoms with Gasteiger partial charge >= 0.3 is 11.9 Å². The third-order valence-corrected chi connectivity index (χ3v) is 10.6. The van der Waals surface area contributed by atoms with E-state index in [-0.39, 0.29) is 48.5 Å². The molecule has 2 saturated heterocycles. The molecule has 2 unspecified atom stereocenters. The van der Waals surface area contributed by atoms with Gasteiger partial charge in [-0.05, 0) is 79.8 Å². The van der Waals surface area contributed by atoms with Gasteiger partial charge in [-0.1, -0.05) is 19.6 Å². The Bertz CT molecular complexity index is 1560. The molecule has 10 nitrogen and oxygen atoms in total. The van der Waals surface area contributed by atoms with Crippen molar-refractivity contribution in [1.29, 1.82) is 0 Å². The number of thiol groups is 1. The number of carboxylic acids is 2. The number of aliphatic carboxylic acids is 2. The van der Waals surface area contributed by atoms with Gasteiger partial charge in [-0.3, -0.25) is 19.2 Å². The fourth-order valence-electron chi connectivity index (χ4n) is 6.71. The number of hydrogen-bond donors (Lipinski definition) is 6. The van der Waals surface area contributed by atoms with Crippen molar-refractivity contribution in [2.45, 2.75) is 71.1 Å². The van der Waals surface area contributed by atoms with Crippen molar-refractivity contribution in [3.05, 3.63) is 69.0 Å². The molecule has 5 atom stereocenters. The highest BCUT2D eigenvalue weighted by molar-refractivity contribution is 7.86. The van der Waals surface area contributed by atoms with Crippen molar-refractivity contribution in [2.24, 2.45) is 17.8 Å². The van der Waals surface area contributed by atoms with Crippen LogP contribution < -0.4 is 16.0 Å². The monoisotopic (exact) mass is 621 g/mol. The zero-order valence-electron chi connectivity index (χ0n) is 25.5. The Hall–Kier alpha value is -3.99. The Morgan fingerprint density at radius 2 is 1.68 bits per heavy atom. The average molecular weight is 622 g/mol. The number of allylic oxidation sites excluding steroid dienone is 2. The van der Waals surface area contributed by atoms with Crippen molar-refractivity contribution < 1.29 is 29.4 Å². The highest BCUT2D eigenvalue weighted by Crippen LogP contribution is 2.40. The van der Waals surface area contributed by atoms with Crippen molar-refractivity contribution in [3.63, 3.8) is 0 Å². The van der Waals surface area contributed by atoms with Crippen LogP contribution in [0.5, 0.6) is 0 Å². The van der Waals surface area contributed by atoms with Crippen molar-refractivity contribution in [3.8, 4) is 0 Å². The summed E-state index contributed by atoms with van der Waals surface area (Å²) in [5, 5.41) is 29.0. The van der Waals surface area contributed by atoms with Gasteiger partial charge in [0.2, 0.25) is 5.91 Å². The molecule has 4 aliphatic heterocycles. The van der Waals surface area contributed by atoms with Crippen molar-refractivity contribution in [1.82, 2.24) is 20.9 Å². The first-order chi connectivity index (χ1) is 20.9. The molecule has 5 heterocycles. The van der Waals surface area contributed by atoms with E-state index in [1.54, 1.807) is 6.08 Å². The van der Waals surface area contributed by atoms with Crippen LogP contribution >= 0.6 is 0 Å². The Morgan fingerprint density at radius 1 is 1.00 bits per heavy atom. The molecule has 0 saturated carbocycles. The lowest BCUT2D eigenvalue weighted by Gasteiger charge is -2.15. The number of aromatic amines is 1. The van der Waals surface area contributed by atoms with Gasteiger partial charge in [-0.2, -0.15) is 0 Å². The van der Waals surface area contributed by atoms with E-state index in [4.69, 9.17) is 0 Å². The van der Waals surface area contributed by atoms with Crippen LogP contribution in [0.1, 0.15) is 69.0 Å². The minimum Gasteiger partial charge on any atom is -0.481 e. The molecule has 0 aliphatic carbocycles. The van der Waals surface area contributed by atoms with E-state index in [0.29, 0.717) is 30.1 Å². The summed E-state index contributed by atoms with van der Waals surface area (Å²) in [6.07, 6.45) is 6.70. The van der Waals surface area contributed by atoms with E-state index in [2.05, 4.69) is 27.5 Å². The molecule has 0 bridgehead atoms. The molecule has 1 aromatic heterocycles.